The van der Waals surface area contributed by atoms with Gasteiger partial charge in [-0.05, 0) is 18.1 Å². The zero-order valence-electron chi connectivity index (χ0n) is 10.9. The molecular weight excluding hydrogens is 236 g/mol. The molecule has 1 rings (SSSR count). The molecule has 1 aromatic rings. The van der Waals surface area contributed by atoms with E-state index in [1.54, 1.807) is 27.4 Å². The second-order valence-electron chi connectivity index (χ2n) is 3.77. The van der Waals surface area contributed by atoms with Crippen LogP contribution in [0.5, 0.6) is 11.5 Å². The summed E-state index contributed by atoms with van der Waals surface area (Å²) in [6.07, 6.45) is 0.480. The number of benzene rings is 1. The smallest absolute Gasteiger partial charge is 0.303 e. The fourth-order valence-electron chi connectivity index (χ4n) is 1.82. The molecule has 18 heavy (non-hydrogen) atoms. The molecule has 0 saturated heterocycles. The molecule has 0 aliphatic heterocycles. The van der Waals surface area contributed by atoms with Crippen molar-refractivity contribution in [2.24, 2.45) is 0 Å². The Balaban J connectivity index is 3.10. The van der Waals surface area contributed by atoms with Gasteiger partial charge < -0.3 is 19.3 Å². The number of aryl methyl sites for hydroxylation is 1. The van der Waals surface area contributed by atoms with Gasteiger partial charge >= 0.3 is 5.97 Å². The molecule has 0 spiro atoms. The first-order valence-corrected chi connectivity index (χ1v) is 5.57. The summed E-state index contributed by atoms with van der Waals surface area (Å²) in [6, 6.07) is 3.62. The molecule has 0 unspecified atom stereocenters. The molecule has 100 valence electrons. The van der Waals surface area contributed by atoms with E-state index in [4.69, 9.17) is 19.3 Å². The lowest BCUT2D eigenvalue weighted by molar-refractivity contribution is -0.136. The molecular formula is C13H18O5. The van der Waals surface area contributed by atoms with E-state index in [2.05, 4.69) is 0 Å². The number of carboxylic acid groups (broad SMARTS) is 1. The van der Waals surface area contributed by atoms with Crippen LogP contribution in [0.3, 0.4) is 0 Å². The fraction of sp³-hybridized carbons (Fsp3) is 0.462. The van der Waals surface area contributed by atoms with E-state index in [-0.39, 0.29) is 6.42 Å². The molecule has 0 fully saturated rings. The third-order valence-electron chi connectivity index (χ3n) is 2.62. The number of methoxy groups -OCH3 is 3. The summed E-state index contributed by atoms with van der Waals surface area (Å²) in [5.74, 6) is 0.478. The number of carboxylic acids is 1. The first kappa shape index (κ1) is 14.3. The molecule has 5 nitrogen and oxygen atoms in total. The third-order valence-corrected chi connectivity index (χ3v) is 2.62. The number of rotatable bonds is 7. The van der Waals surface area contributed by atoms with Crippen LogP contribution in [0.2, 0.25) is 0 Å². The highest BCUT2D eigenvalue weighted by molar-refractivity contribution is 5.67. The minimum absolute atomic E-state index is 0.0646. The molecule has 0 aromatic heterocycles. The molecule has 1 aromatic carbocycles. The molecule has 5 heteroatoms. The van der Waals surface area contributed by atoms with Gasteiger partial charge in [0, 0.05) is 13.5 Å². The van der Waals surface area contributed by atoms with Gasteiger partial charge in [0.05, 0.1) is 26.4 Å². The maximum Gasteiger partial charge on any atom is 0.303 e. The summed E-state index contributed by atoms with van der Waals surface area (Å²) in [5.41, 5.74) is 1.64. The fourth-order valence-corrected chi connectivity index (χ4v) is 1.82. The van der Waals surface area contributed by atoms with Crippen LogP contribution < -0.4 is 9.47 Å². The van der Waals surface area contributed by atoms with Gasteiger partial charge in [-0.2, -0.15) is 0 Å². The van der Waals surface area contributed by atoms with Crippen molar-refractivity contribution < 1.29 is 24.1 Å². The van der Waals surface area contributed by atoms with Gasteiger partial charge in [-0.3, -0.25) is 4.79 Å². The van der Waals surface area contributed by atoms with E-state index in [9.17, 15) is 4.79 Å². The Bertz CT molecular complexity index is 414. The molecule has 0 amide bonds. The van der Waals surface area contributed by atoms with E-state index in [1.165, 1.54) is 0 Å². The van der Waals surface area contributed by atoms with E-state index >= 15 is 0 Å². The van der Waals surface area contributed by atoms with Crippen LogP contribution in [0.4, 0.5) is 0 Å². The van der Waals surface area contributed by atoms with Crippen molar-refractivity contribution in [2.45, 2.75) is 19.4 Å². The van der Waals surface area contributed by atoms with Crippen LogP contribution in [-0.2, 0) is 22.6 Å². The Morgan fingerprint density at radius 2 is 1.94 bits per heavy atom. The molecule has 0 radical (unpaired) electrons. The lowest BCUT2D eigenvalue weighted by Gasteiger charge is -2.16. The summed E-state index contributed by atoms with van der Waals surface area (Å²) in [6.45, 7) is 0.354. The van der Waals surface area contributed by atoms with Crippen molar-refractivity contribution in [3.63, 3.8) is 0 Å². The molecule has 0 heterocycles. The summed E-state index contributed by atoms with van der Waals surface area (Å²) >= 11 is 0. The predicted molar refractivity (Wildman–Crippen MR) is 66.2 cm³/mol. The highest BCUT2D eigenvalue weighted by Crippen LogP contribution is 2.33. The van der Waals surface area contributed by atoms with E-state index in [0.717, 1.165) is 11.1 Å². The zero-order chi connectivity index (χ0) is 13.5. The number of ether oxygens (including phenoxy) is 3. The second-order valence-corrected chi connectivity index (χ2v) is 3.77. The third kappa shape index (κ3) is 3.37. The van der Waals surface area contributed by atoms with Gasteiger partial charge in [0.1, 0.15) is 11.5 Å². The maximum absolute atomic E-state index is 10.6. The summed E-state index contributed by atoms with van der Waals surface area (Å²) in [4.78, 5) is 10.6. The topological polar surface area (TPSA) is 65.0 Å². The lowest BCUT2D eigenvalue weighted by atomic mass is 10.0. The first-order valence-electron chi connectivity index (χ1n) is 5.57. The van der Waals surface area contributed by atoms with Crippen LogP contribution in [0.15, 0.2) is 12.1 Å². The van der Waals surface area contributed by atoms with E-state index in [1.807, 2.05) is 6.07 Å². The molecule has 0 aliphatic rings. The van der Waals surface area contributed by atoms with E-state index in [0.29, 0.717) is 24.5 Å². The first-order chi connectivity index (χ1) is 8.63. The van der Waals surface area contributed by atoms with Crippen LogP contribution in [-0.4, -0.2) is 32.4 Å². The SMILES string of the molecule is COCc1c(OC)ccc(CCC(=O)O)c1OC. The van der Waals surface area contributed by atoms with Gasteiger partial charge in [0.2, 0.25) is 0 Å². The molecule has 1 N–H and O–H groups in total. The average molecular weight is 254 g/mol. The summed E-state index contributed by atoms with van der Waals surface area (Å²) in [7, 11) is 4.71. The van der Waals surface area contributed by atoms with Crippen molar-refractivity contribution in [1.82, 2.24) is 0 Å². The summed E-state index contributed by atoms with van der Waals surface area (Å²) < 4.78 is 15.7. The van der Waals surface area contributed by atoms with Gasteiger partial charge in [-0.25, -0.2) is 0 Å². The van der Waals surface area contributed by atoms with Crippen molar-refractivity contribution in [3.05, 3.63) is 23.3 Å². The number of hydrogen-bond donors (Lipinski definition) is 1. The minimum atomic E-state index is -0.832. The monoisotopic (exact) mass is 254 g/mol. The Hall–Kier alpha value is -1.75. The normalized spacial score (nSPS) is 10.2. The highest BCUT2D eigenvalue weighted by atomic mass is 16.5. The largest absolute Gasteiger partial charge is 0.496 e. The van der Waals surface area contributed by atoms with Crippen LogP contribution in [0.1, 0.15) is 17.5 Å². The highest BCUT2D eigenvalue weighted by Gasteiger charge is 2.15. The molecule has 0 atom stereocenters. The van der Waals surface area contributed by atoms with Crippen LogP contribution in [0, 0.1) is 0 Å². The zero-order valence-corrected chi connectivity index (χ0v) is 10.9. The Morgan fingerprint density at radius 1 is 1.22 bits per heavy atom. The average Bonchev–Trinajstić information content (AvgIpc) is 2.36. The van der Waals surface area contributed by atoms with E-state index < -0.39 is 5.97 Å². The second kappa shape index (κ2) is 6.86. The quantitative estimate of drug-likeness (QED) is 0.804. The van der Waals surface area contributed by atoms with Gasteiger partial charge in [-0.15, -0.1) is 0 Å². The summed E-state index contributed by atoms with van der Waals surface area (Å²) in [5, 5.41) is 8.72. The Labute approximate surface area is 106 Å². The number of aliphatic carboxylic acids is 1. The molecule has 0 aliphatic carbocycles. The van der Waals surface area contributed by atoms with Gasteiger partial charge in [0.15, 0.2) is 0 Å². The molecule has 0 saturated carbocycles. The maximum atomic E-state index is 10.6. The van der Waals surface area contributed by atoms with Crippen molar-refractivity contribution in [2.75, 3.05) is 21.3 Å². The Kier molecular flexibility index (Phi) is 5.45. The van der Waals surface area contributed by atoms with Crippen LogP contribution >= 0.6 is 0 Å². The van der Waals surface area contributed by atoms with Crippen molar-refractivity contribution >= 4 is 5.97 Å². The number of carbonyl (C=O) groups is 1. The van der Waals surface area contributed by atoms with Crippen molar-refractivity contribution in [1.29, 1.82) is 0 Å². The Morgan fingerprint density at radius 3 is 2.44 bits per heavy atom. The van der Waals surface area contributed by atoms with Crippen LogP contribution in [0.25, 0.3) is 0 Å². The minimum Gasteiger partial charge on any atom is -0.496 e. The lowest BCUT2D eigenvalue weighted by Crippen LogP contribution is -2.04. The molecule has 0 bridgehead atoms. The predicted octanol–water partition coefficient (Wildman–Crippen LogP) is 1.87. The van der Waals surface area contributed by atoms with Crippen molar-refractivity contribution in [3.8, 4) is 11.5 Å². The van der Waals surface area contributed by atoms with Gasteiger partial charge in [-0.1, -0.05) is 6.07 Å². The van der Waals surface area contributed by atoms with Gasteiger partial charge in [0.25, 0.3) is 0 Å². The standard InChI is InChI=1S/C13H18O5/c1-16-8-10-11(17-2)6-4-9(13(10)18-3)5-7-12(14)15/h4,6H,5,7-8H2,1-3H3,(H,14,15). The number of hydrogen-bond acceptors (Lipinski definition) is 4.